The van der Waals surface area contributed by atoms with Crippen LogP contribution in [-0.4, -0.2) is 20.7 Å². The Hall–Kier alpha value is -2.01. The number of carbonyl (C=O) groups is 1. The van der Waals surface area contributed by atoms with E-state index in [9.17, 15) is 4.79 Å². The molecule has 0 aliphatic rings. The molecule has 0 fully saturated rings. The summed E-state index contributed by atoms with van der Waals surface area (Å²) in [6, 6.07) is 3.69. The van der Waals surface area contributed by atoms with Crippen LogP contribution >= 0.6 is 11.3 Å². The van der Waals surface area contributed by atoms with Crippen LogP contribution in [0, 0.1) is 0 Å². The van der Waals surface area contributed by atoms with Crippen molar-refractivity contribution >= 4 is 28.2 Å². The number of aromatic amines is 1. The third kappa shape index (κ3) is 1.33. The second-order valence-electron chi connectivity index (χ2n) is 3.30. The van der Waals surface area contributed by atoms with Crippen molar-refractivity contribution < 1.29 is 4.79 Å². The second-order valence-corrected chi connectivity index (χ2v) is 4.02. The number of thiazole rings is 1. The van der Waals surface area contributed by atoms with Crippen LogP contribution in [0.3, 0.4) is 0 Å². The second kappa shape index (κ2) is 3.53. The lowest BCUT2D eigenvalue weighted by molar-refractivity contribution is 0.103. The molecule has 3 aromatic heterocycles. The number of pyridine rings is 1. The minimum absolute atomic E-state index is 0.0690. The first-order valence-electron chi connectivity index (χ1n) is 4.71. The summed E-state index contributed by atoms with van der Waals surface area (Å²) in [7, 11) is 0. The van der Waals surface area contributed by atoms with Crippen molar-refractivity contribution in [3.8, 4) is 0 Å². The van der Waals surface area contributed by atoms with Crippen molar-refractivity contribution in [1.82, 2.24) is 15.0 Å². The largest absolute Gasteiger partial charge is 0.345 e. The molecule has 0 unspecified atom stereocenters. The molecule has 3 heterocycles. The monoisotopic (exact) mass is 229 g/mol. The van der Waals surface area contributed by atoms with Gasteiger partial charge in [-0.15, -0.1) is 11.3 Å². The summed E-state index contributed by atoms with van der Waals surface area (Å²) in [6.07, 6.45) is 3.37. The normalized spacial score (nSPS) is 10.8. The molecule has 0 bridgehead atoms. The van der Waals surface area contributed by atoms with Crippen LogP contribution in [0.25, 0.3) is 11.0 Å². The molecule has 3 aromatic rings. The highest BCUT2D eigenvalue weighted by molar-refractivity contribution is 7.07. The summed E-state index contributed by atoms with van der Waals surface area (Å²) in [5.41, 5.74) is 3.48. The Morgan fingerprint density at radius 3 is 3.12 bits per heavy atom. The smallest absolute Gasteiger partial charge is 0.214 e. The number of hydrogen-bond acceptors (Lipinski definition) is 4. The van der Waals surface area contributed by atoms with Crippen molar-refractivity contribution in [3.63, 3.8) is 0 Å². The molecule has 0 amide bonds. The fourth-order valence-corrected chi connectivity index (χ4v) is 2.14. The third-order valence-electron chi connectivity index (χ3n) is 2.36. The predicted molar refractivity (Wildman–Crippen MR) is 61.6 cm³/mol. The van der Waals surface area contributed by atoms with E-state index in [4.69, 9.17) is 0 Å². The van der Waals surface area contributed by atoms with Crippen LogP contribution in [0.4, 0.5) is 0 Å². The van der Waals surface area contributed by atoms with Gasteiger partial charge in [0.05, 0.1) is 11.1 Å². The van der Waals surface area contributed by atoms with Crippen molar-refractivity contribution in [2.45, 2.75) is 0 Å². The number of carbonyl (C=O) groups excluding carboxylic acids is 1. The molecule has 4 nitrogen and oxygen atoms in total. The number of H-pyrrole nitrogens is 1. The molecule has 0 saturated carbocycles. The van der Waals surface area contributed by atoms with Gasteiger partial charge in [0, 0.05) is 23.2 Å². The molecule has 1 N–H and O–H groups in total. The van der Waals surface area contributed by atoms with Crippen molar-refractivity contribution in [2.24, 2.45) is 0 Å². The maximum atomic E-state index is 12.1. The van der Waals surface area contributed by atoms with Crippen molar-refractivity contribution in [2.75, 3.05) is 0 Å². The molecular formula is C11H7N3OS. The molecule has 0 saturated heterocycles. The van der Waals surface area contributed by atoms with E-state index in [0.29, 0.717) is 11.3 Å². The van der Waals surface area contributed by atoms with Crippen LogP contribution in [-0.2, 0) is 0 Å². The minimum Gasteiger partial charge on any atom is -0.345 e. The fraction of sp³-hybridized carbons (Fsp3) is 0. The number of fused-ring (bicyclic) bond motifs is 1. The Morgan fingerprint density at radius 1 is 1.38 bits per heavy atom. The zero-order valence-corrected chi connectivity index (χ0v) is 8.99. The Balaban J connectivity index is 2.16. The SMILES string of the molecule is O=C(c1cscn1)c1c[nH]c2ncccc12. The van der Waals surface area contributed by atoms with Gasteiger partial charge in [0.25, 0.3) is 0 Å². The summed E-state index contributed by atoms with van der Waals surface area (Å²) in [5, 5.41) is 2.58. The minimum atomic E-state index is -0.0690. The lowest BCUT2D eigenvalue weighted by atomic mass is 10.1. The van der Waals surface area contributed by atoms with Crippen LogP contribution in [0.5, 0.6) is 0 Å². The third-order valence-corrected chi connectivity index (χ3v) is 2.95. The molecule has 0 atom stereocenters. The number of rotatable bonds is 2. The van der Waals surface area contributed by atoms with E-state index >= 15 is 0 Å². The summed E-state index contributed by atoms with van der Waals surface area (Å²) in [4.78, 5) is 23.2. The summed E-state index contributed by atoms with van der Waals surface area (Å²) in [6.45, 7) is 0. The van der Waals surface area contributed by atoms with Gasteiger partial charge in [-0.2, -0.15) is 0 Å². The van der Waals surface area contributed by atoms with E-state index in [1.807, 2.05) is 12.1 Å². The van der Waals surface area contributed by atoms with E-state index in [1.165, 1.54) is 11.3 Å². The quantitative estimate of drug-likeness (QED) is 0.685. The van der Waals surface area contributed by atoms with Gasteiger partial charge in [-0.25, -0.2) is 9.97 Å². The van der Waals surface area contributed by atoms with Crippen LogP contribution in [0.1, 0.15) is 16.1 Å². The van der Waals surface area contributed by atoms with Crippen LogP contribution in [0.2, 0.25) is 0 Å². The molecule has 3 rings (SSSR count). The molecule has 78 valence electrons. The Kier molecular flexibility index (Phi) is 2.04. The molecular weight excluding hydrogens is 222 g/mol. The average Bonchev–Trinajstić information content (AvgIpc) is 2.98. The van der Waals surface area contributed by atoms with Gasteiger partial charge in [-0.05, 0) is 12.1 Å². The highest BCUT2D eigenvalue weighted by atomic mass is 32.1. The highest BCUT2D eigenvalue weighted by Gasteiger charge is 2.15. The number of aromatic nitrogens is 3. The summed E-state index contributed by atoms with van der Waals surface area (Å²) >= 11 is 1.41. The first-order chi connectivity index (χ1) is 7.86. The van der Waals surface area contributed by atoms with Gasteiger partial charge >= 0.3 is 0 Å². The van der Waals surface area contributed by atoms with E-state index in [-0.39, 0.29) is 5.78 Å². The lowest BCUT2D eigenvalue weighted by Crippen LogP contribution is -2.00. The maximum Gasteiger partial charge on any atom is 0.214 e. The Labute approximate surface area is 95.0 Å². The molecule has 5 heteroatoms. The predicted octanol–water partition coefficient (Wildman–Crippen LogP) is 2.25. The molecule has 16 heavy (non-hydrogen) atoms. The first kappa shape index (κ1) is 9.23. The van der Waals surface area contributed by atoms with Crippen LogP contribution < -0.4 is 0 Å². The van der Waals surface area contributed by atoms with E-state index in [2.05, 4.69) is 15.0 Å². The fourth-order valence-electron chi connectivity index (χ4n) is 1.61. The number of nitrogens with one attached hydrogen (secondary N) is 1. The van der Waals surface area contributed by atoms with E-state index < -0.39 is 0 Å². The summed E-state index contributed by atoms with van der Waals surface area (Å²) in [5.74, 6) is -0.0690. The first-order valence-corrected chi connectivity index (χ1v) is 5.65. The Morgan fingerprint density at radius 2 is 2.31 bits per heavy atom. The molecule has 0 aliphatic carbocycles. The van der Waals surface area contributed by atoms with Gasteiger partial charge in [-0.1, -0.05) is 0 Å². The van der Waals surface area contributed by atoms with E-state index in [0.717, 1.165) is 11.0 Å². The topological polar surface area (TPSA) is 58.6 Å². The van der Waals surface area contributed by atoms with Gasteiger partial charge < -0.3 is 4.98 Å². The molecule has 0 aliphatic heterocycles. The lowest BCUT2D eigenvalue weighted by Gasteiger charge is -1.94. The highest BCUT2D eigenvalue weighted by Crippen LogP contribution is 2.19. The van der Waals surface area contributed by atoms with Crippen molar-refractivity contribution in [1.29, 1.82) is 0 Å². The zero-order valence-electron chi connectivity index (χ0n) is 8.18. The number of hydrogen-bond donors (Lipinski definition) is 1. The Bertz CT molecular complexity index is 642. The van der Waals surface area contributed by atoms with Crippen LogP contribution in [0.15, 0.2) is 35.4 Å². The standard InChI is InChI=1S/C11H7N3OS/c15-10(9-5-16-6-14-9)8-4-13-11-7(8)2-1-3-12-11/h1-6H,(H,12,13). The van der Waals surface area contributed by atoms with Gasteiger partial charge in [0.2, 0.25) is 5.78 Å². The average molecular weight is 229 g/mol. The molecule has 0 aromatic carbocycles. The van der Waals surface area contributed by atoms with Gasteiger partial charge in [-0.3, -0.25) is 4.79 Å². The van der Waals surface area contributed by atoms with Gasteiger partial charge in [0.15, 0.2) is 0 Å². The number of nitrogens with zero attached hydrogens (tertiary/aromatic N) is 2. The van der Waals surface area contributed by atoms with E-state index in [1.54, 1.807) is 23.3 Å². The molecule has 0 spiro atoms. The van der Waals surface area contributed by atoms with Gasteiger partial charge in [0.1, 0.15) is 11.3 Å². The summed E-state index contributed by atoms with van der Waals surface area (Å²) < 4.78 is 0. The van der Waals surface area contributed by atoms with Crippen molar-refractivity contribution in [3.05, 3.63) is 46.7 Å². The molecule has 0 radical (unpaired) electrons. The number of ketones is 1. The zero-order chi connectivity index (χ0) is 11.0. The maximum absolute atomic E-state index is 12.1.